The van der Waals surface area contributed by atoms with Crippen LogP contribution < -0.4 is 5.56 Å². The Balaban J connectivity index is 2.45. The molecule has 0 spiro atoms. The molecule has 1 saturated heterocycles. The van der Waals surface area contributed by atoms with Gasteiger partial charge in [-0.1, -0.05) is 6.92 Å². The average molecular weight is 236 g/mol. The molecule has 1 aliphatic rings. The van der Waals surface area contributed by atoms with E-state index in [1.807, 2.05) is 20.8 Å². The first-order valence-corrected chi connectivity index (χ1v) is 6.31. The van der Waals surface area contributed by atoms with E-state index in [4.69, 9.17) is 4.74 Å². The molecule has 1 aliphatic heterocycles. The number of nitrogens with zero attached hydrogens (tertiary/aromatic N) is 1. The lowest BCUT2D eigenvalue weighted by atomic mass is 9.94. The van der Waals surface area contributed by atoms with Crippen molar-refractivity contribution < 1.29 is 4.74 Å². The molecule has 94 valence electrons. The van der Waals surface area contributed by atoms with Crippen LogP contribution in [-0.2, 0) is 16.8 Å². The van der Waals surface area contributed by atoms with Crippen molar-refractivity contribution in [1.29, 1.82) is 0 Å². The molecule has 0 amide bonds. The third kappa shape index (κ3) is 2.27. The summed E-state index contributed by atoms with van der Waals surface area (Å²) in [5, 5.41) is 0. The Kier molecular flexibility index (Phi) is 3.33. The van der Waals surface area contributed by atoms with Crippen LogP contribution in [0.15, 0.2) is 4.79 Å². The molecular formula is C13H20N2O2. The number of nitrogens with one attached hydrogen (secondary N) is 1. The molecule has 17 heavy (non-hydrogen) atoms. The maximum absolute atomic E-state index is 11.9. The van der Waals surface area contributed by atoms with Gasteiger partial charge in [0.05, 0.1) is 5.69 Å². The maximum atomic E-state index is 11.9. The smallest absolute Gasteiger partial charge is 0.254 e. The lowest BCUT2D eigenvalue weighted by Gasteiger charge is -2.33. The fraction of sp³-hybridized carbons (Fsp3) is 0.692. The molecule has 1 N–H and O–H groups in total. The quantitative estimate of drug-likeness (QED) is 0.855. The second kappa shape index (κ2) is 4.61. The van der Waals surface area contributed by atoms with Crippen LogP contribution in [-0.4, -0.2) is 16.6 Å². The normalized spacial score (nSPS) is 24.9. The van der Waals surface area contributed by atoms with Crippen LogP contribution in [0.5, 0.6) is 0 Å². The van der Waals surface area contributed by atoms with Gasteiger partial charge >= 0.3 is 0 Å². The second-order valence-electron chi connectivity index (χ2n) is 4.88. The van der Waals surface area contributed by atoms with Gasteiger partial charge in [0, 0.05) is 12.2 Å². The molecule has 0 saturated carbocycles. The summed E-state index contributed by atoms with van der Waals surface area (Å²) in [5.41, 5.74) is 1.13. The summed E-state index contributed by atoms with van der Waals surface area (Å²) >= 11 is 0. The van der Waals surface area contributed by atoms with Gasteiger partial charge in [-0.25, -0.2) is 4.98 Å². The van der Waals surface area contributed by atoms with Gasteiger partial charge in [0.15, 0.2) is 0 Å². The Labute approximate surface area is 101 Å². The van der Waals surface area contributed by atoms with Crippen LogP contribution in [0.4, 0.5) is 0 Å². The summed E-state index contributed by atoms with van der Waals surface area (Å²) in [5.74, 6) is 0.685. The van der Waals surface area contributed by atoms with Gasteiger partial charge in [0.25, 0.3) is 5.56 Å². The highest BCUT2D eigenvalue weighted by Gasteiger charge is 2.33. The molecular weight excluding hydrogens is 216 g/mol. The number of aryl methyl sites for hydroxylation is 1. The molecule has 0 aromatic carbocycles. The zero-order valence-electron chi connectivity index (χ0n) is 10.8. The van der Waals surface area contributed by atoms with E-state index in [1.165, 1.54) is 0 Å². The van der Waals surface area contributed by atoms with Gasteiger partial charge in [-0.2, -0.15) is 0 Å². The van der Waals surface area contributed by atoms with E-state index in [2.05, 4.69) is 9.97 Å². The highest BCUT2D eigenvalue weighted by Crippen LogP contribution is 2.32. The third-order valence-electron chi connectivity index (χ3n) is 3.56. The maximum Gasteiger partial charge on any atom is 0.254 e. The van der Waals surface area contributed by atoms with Crippen LogP contribution in [0.2, 0.25) is 0 Å². The summed E-state index contributed by atoms with van der Waals surface area (Å²) in [7, 11) is 0. The van der Waals surface area contributed by atoms with Crippen LogP contribution in [0.25, 0.3) is 0 Å². The molecule has 2 heterocycles. The van der Waals surface area contributed by atoms with E-state index in [1.54, 1.807) is 0 Å². The summed E-state index contributed by atoms with van der Waals surface area (Å²) in [4.78, 5) is 19.3. The Morgan fingerprint density at radius 1 is 1.47 bits per heavy atom. The fourth-order valence-electron chi connectivity index (χ4n) is 2.29. The van der Waals surface area contributed by atoms with Gasteiger partial charge in [-0.3, -0.25) is 4.79 Å². The molecule has 4 nitrogen and oxygen atoms in total. The van der Waals surface area contributed by atoms with Crippen molar-refractivity contribution in [3.63, 3.8) is 0 Å². The third-order valence-corrected chi connectivity index (χ3v) is 3.56. The average Bonchev–Trinajstić information content (AvgIpc) is 2.33. The number of hydrogen-bond acceptors (Lipinski definition) is 3. The van der Waals surface area contributed by atoms with Gasteiger partial charge < -0.3 is 9.72 Å². The summed E-state index contributed by atoms with van der Waals surface area (Å²) in [6, 6.07) is 0. The first kappa shape index (κ1) is 12.3. The van der Waals surface area contributed by atoms with Crippen molar-refractivity contribution in [2.45, 2.75) is 52.1 Å². The molecule has 0 radical (unpaired) electrons. The zero-order chi connectivity index (χ0) is 12.5. The van der Waals surface area contributed by atoms with E-state index in [0.29, 0.717) is 5.82 Å². The molecule has 2 rings (SSSR count). The lowest BCUT2D eigenvalue weighted by molar-refractivity contribution is -0.0763. The first-order valence-electron chi connectivity index (χ1n) is 6.31. The largest absolute Gasteiger partial charge is 0.367 e. The zero-order valence-corrected chi connectivity index (χ0v) is 10.8. The summed E-state index contributed by atoms with van der Waals surface area (Å²) in [6.45, 7) is 6.59. The van der Waals surface area contributed by atoms with E-state index in [0.717, 1.165) is 43.5 Å². The summed E-state index contributed by atoms with van der Waals surface area (Å²) < 4.78 is 5.81. The summed E-state index contributed by atoms with van der Waals surface area (Å²) in [6.07, 6.45) is 3.91. The molecule has 4 heteroatoms. The minimum atomic E-state index is -0.422. The Bertz CT molecular complexity index is 459. The Morgan fingerprint density at radius 3 is 2.82 bits per heavy atom. The number of hydrogen-bond donors (Lipinski definition) is 1. The van der Waals surface area contributed by atoms with Crippen molar-refractivity contribution in [2.75, 3.05) is 6.61 Å². The van der Waals surface area contributed by atoms with Gasteiger partial charge in [-0.05, 0) is 39.5 Å². The number of aromatic nitrogens is 2. The molecule has 1 aromatic rings. The number of rotatable bonds is 2. The monoisotopic (exact) mass is 236 g/mol. The molecule has 1 unspecified atom stereocenters. The van der Waals surface area contributed by atoms with Crippen molar-refractivity contribution >= 4 is 0 Å². The molecule has 0 aliphatic carbocycles. The lowest BCUT2D eigenvalue weighted by Crippen LogP contribution is -2.35. The predicted molar refractivity (Wildman–Crippen MR) is 66.1 cm³/mol. The number of aromatic amines is 1. The molecule has 1 aromatic heterocycles. The molecule has 1 fully saturated rings. The molecule has 0 bridgehead atoms. The highest BCUT2D eigenvalue weighted by molar-refractivity contribution is 5.18. The highest BCUT2D eigenvalue weighted by atomic mass is 16.5. The topological polar surface area (TPSA) is 55.0 Å². The van der Waals surface area contributed by atoms with Crippen molar-refractivity contribution in [3.8, 4) is 0 Å². The first-order chi connectivity index (χ1) is 8.07. The Hall–Kier alpha value is -1.16. The van der Waals surface area contributed by atoms with E-state index in [-0.39, 0.29) is 5.56 Å². The van der Waals surface area contributed by atoms with E-state index >= 15 is 0 Å². The van der Waals surface area contributed by atoms with Crippen molar-refractivity contribution in [3.05, 3.63) is 27.4 Å². The minimum Gasteiger partial charge on any atom is -0.367 e. The SMILES string of the molecule is CCc1nc(C2(C)CCCCO2)[nH]c(=O)c1C. The standard InChI is InChI=1S/C13H20N2O2/c1-4-10-9(2)11(16)15-12(14-10)13(3)7-5-6-8-17-13/h4-8H2,1-3H3,(H,14,15,16). The van der Waals surface area contributed by atoms with Crippen LogP contribution in [0.3, 0.4) is 0 Å². The fourth-order valence-corrected chi connectivity index (χ4v) is 2.29. The number of ether oxygens (including phenoxy) is 1. The van der Waals surface area contributed by atoms with E-state index in [9.17, 15) is 4.79 Å². The van der Waals surface area contributed by atoms with Gasteiger partial charge in [0.1, 0.15) is 11.4 Å². The van der Waals surface area contributed by atoms with Crippen molar-refractivity contribution in [1.82, 2.24) is 9.97 Å². The van der Waals surface area contributed by atoms with Gasteiger partial charge in [0.2, 0.25) is 0 Å². The molecule has 1 atom stereocenters. The number of H-pyrrole nitrogens is 1. The van der Waals surface area contributed by atoms with Crippen LogP contribution >= 0.6 is 0 Å². The van der Waals surface area contributed by atoms with E-state index < -0.39 is 5.60 Å². The minimum absolute atomic E-state index is 0.0396. The van der Waals surface area contributed by atoms with Crippen LogP contribution in [0.1, 0.15) is 50.2 Å². The second-order valence-corrected chi connectivity index (χ2v) is 4.88. The Morgan fingerprint density at radius 2 is 2.24 bits per heavy atom. The van der Waals surface area contributed by atoms with Crippen LogP contribution in [0, 0.1) is 6.92 Å². The predicted octanol–water partition coefficient (Wildman–Crippen LogP) is 2.06. The van der Waals surface area contributed by atoms with Crippen molar-refractivity contribution in [2.24, 2.45) is 0 Å². The van der Waals surface area contributed by atoms with Gasteiger partial charge in [-0.15, -0.1) is 0 Å².